The molecule has 0 aliphatic rings. The summed E-state index contributed by atoms with van der Waals surface area (Å²) < 4.78 is 0. The van der Waals surface area contributed by atoms with E-state index < -0.39 is 18.5 Å². The zero-order valence-electron chi connectivity index (χ0n) is 8.47. The fourth-order valence-electron chi connectivity index (χ4n) is 1.04. The number of anilines is 1. The molecule has 0 atom stereocenters. The van der Waals surface area contributed by atoms with Crippen LogP contribution in [0, 0.1) is 0 Å². The van der Waals surface area contributed by atoms with E-state index >= 15 is 0 Å². The molecule has 0 saturated heterocycles. The first kappa shape index (κ1) is 12.0. The van der Waals surface area contributed by atoms with E-state index in [1.165, 1.54) is 0 Å². The fourth-order valence-corrected chi connectivity index (χ4v) is 1.04. The lowest BCUT2D eigenvalue weighted by Gasteiger charge is -2.04. The second kappa shape index (κ2) is 5.72. The normalized spacial score (nSPS) is 9.75. The molecule has 0 spiro atoms. The molecule has 1 rings (SSSR count). The Hall–Kier alpha value is -2.08. The van der Waals surface area contributed by atoms with Crippen molar-refractivity contribution in [3.05, 3.63) is 29.8 Å². The summed E-state index contributed by atoms with van der Waals surface area (Å²) in [5.74, 6) is -1.56. The highest BCUT2D eigenvalue weighted by Gasteiger charge is 2.04. The molecular weight excluding hydrogens is 212 g/mol. The Kier molecular flexibility index (Phi) is 4.28. The second-order valence-electron chi connectivity index (χ2n) is 3.13. The molecule has 0 aliphatic carbocycles. The Morgan fingerprint density at radius 1 is 1.31 bits per heavy atom. The monoisotopic (exact) mass is 224 g/mol. The number of aliphatic carboxylic acids is 1. The molecule has 6 nitrogen and oxygen atoms in total. The first-order valence-electron chi connectivity index (χ1n) is 4.55. The van der Waals surface area contributed by atoms with Crippen LogP contribution in [-0.2, 0) is 20.8 Å². The summed E-state index contributed by atoms with van der Waals surface area (Å²) in [6, 6.07) is 6.79. The number of rotatable bonds is 5. The Bertz CT molecular complexity index is 375. The Balaban J connectivity index is 2.34. The van der Waals surface area contributed by atoms with Crippen molar-refractivity contribution in [2.24, 2.45) is 0 Å². The molecule has 1 amide bonds. The molecule has 0 saturated carbocycles. The van der Waals surface area contributed by atoms with E-state index in [-0.39, 0.29) is 6.42 Å². The molecular formula is C10H12N2O4. The summed E-state index contributed by atoms with van der Waals surface area (Å²) >= 11 is 0. The van der Waals surface area contributed by atoms with E-state index in [1.54, 1.807) is 24.3 Å². The molecule has 0 aliphatic heterocycles. The van der Waals surface area contributed by atoms with Gasteiger partial charge in [0, 0.05) is 5.69 Å². The van der Waals surface area contributed by atoms with Gasteiger partial charge in [-0.2, -0.15) is 0 Å². The Morgan fingerprint density at radius 3 is 2.50 bits per heavy atom. The first-order chi connectivity index (χ1) is 7.58. The Labute approximate surface area is 92.0 Å². The van der Waals surface area contributed by atoms with Crippen molar-refractivity contribution in [2.75, 3.05) is 12.3 Å². The molecule has 0 fully saturated rings. The molecule has 1 aromatic rings. The van der Waals surface area contributed by atoms with Crippen molar-refractivity contribution in [1.82, 2.24) is 5.48 Å². The molecule has 0 aromatic heterocycles. The van der Waals surface area contributed by atoms with Crippen molar-refractivity contribution < 1.29 is 19.5 Å². The highest BCUT2D eigenvalue weighted by atomic mass is 16.7. The van der Waals surface area contributed by atoms with Crippen LogP contribution in [0.2, 0.25) is 0 Å². The second-order valence-corrected chi connectivity index (χ2v) is 3.13. The number of hydroxylamine groups is 1. The minimum Gasteiger partial charge on any atom is -0.479 e. The van der Waals surface area contributed by atoms with Gasteiger partial charge in [-0.15, -0.1) is 0 Å². The van der Waals surface area contributed by atoms with Crippen molar-refractivity contribution in [3.8, 4) is 0 Å². The summed E-state index contributed by atoms with van der Waals surface area (Å²) in [5, 5.41) is 8.26. The van der Waals surface area contributed by atoms with Gasteiger partial charge in [-0.05, 0) is 17.7 Å². The fraction of sp³-hybridized carbons (Fsp3) is 0.200. The number of hydrogen-bond donors (Lipinski definition) is 3. The molecule has 0 radical (unpaired) electrons. The maximum Gasteiger partial charge on any atom is 0.332 e. The minimum absolute atomic E-state index is 0.111. The molecule has 6 heteroatoms. The van der Waals surface area contributed by atoms with Gasteiger partial charge in [-0.25, -0.2) is 10.3 Å². The van der Waals surface area contributed by atoms with Gasteiger partial charge in [-0.1, -0.05) is 12.1 Å². The SMILES string of the molecule is Nc1ccc(CC(=O)NOCC(=O)O)cc1. The average molecular weight is 224 g/mol. The van der Waals surface area contributed by atoms with Gasteiger partial charge in [-0.3, -0.25) is 9.63 Å². The van der Waals surface area contributed by atoms with Crippen LogP contribution in [0.1, 0.15) is 5.56 Å². The van der Waals surface area contributed by atoms with Gasteiger partial charge < -0.3 is 10.8 Å². The van der Waals surface area contributed by atoms with E-state index in [9.17, 15) is 9.59 Å². The third-order valence-electron chi connectivity index (χ3n) is 1.73. The van der Waals surface area contributed by atoms with Gasteiger partial charge in [0.2, 0.25) is 5.91 Å². The number of carbonyl (C=O) groups is 2. The lowest BCUT2D eigenvalue weighted by molar-refractivity contribution is -0.149. The first-order valence-corrected chi connectivity index (χ1v) is 4.55. The van der Waals surface area contributed by atoms with Crippen molar-refractivity contribution >= 4 is 17.6 Å². The largest absolute Gasteiger partial charge is 0.479 e. The third kappa shape index (κ3) is 4.43. The lowest BCUT2D eigenvalue weighted by atomic mass is 10.1. The predicted molar refractivity (Wildman–Crippen MR) is 56.3 cm³/mol. The minimum atomic E-state index is -1.15. The van der Waals surface area contributed by atoms with Crippen molar-refractivity contribution in [1.29, 1.82) is 0 Å². The van der Waals surface area contributed by atoms with E-state index in [1.807, 2.05) is 5.48 Å². The van der Waals surface area contributed by atoms with Gasteiger partial charge >= 0.3 is 5.97 Å². The van der Waals surface area contributed by atoms with Crippen LogP contribution in [0.3, 0.4) is 0 Å². The number of carboxylic acid groups (broad SMARTS) is 1. The number of hydrogen-bond acceptors (Lipinski definition) is 4. The van der Waals surface area contributed by atoms with Crippen LogP contribution in [0.15, 0.2) is 24.3 Å². The van der Waals surface area contributed by atoms with Crippen molar-refractivity contribution in [3.63, 3.8) is 0 Å². The number of benzene rings is 1. The van der Waals surface area contributed by atoms with E-state index in [0.29, 0.717) is 5.69 Å². The topological polar surface area (TPSA) is 102 Å². The summed E-state index contributed by atoms with van der Waals surface area (Å²) in [6.07, 6.45) is 0.111. The number of nitrogens with one attached hydrogen (secondary N) is 1. The molecule has 86 valence electrons. The number of carboxylic acids is 1. The zero-order valence-corrected chi connectivity index (χ0v) is 8.47. The quantitative estimate of drug-likeness (QED) is 0.480. The van der Waals surface area contributed by atoms with Crippen LogP contribution in [0.5, 0.6) is 0 Å². The number of nitrogen functional groups attached to an aromatic ring is 1. The van der Waals surface area contributed by atoms with E-state index in [2.05, 4.69) is 4.84 Å². The van der Waals surface area contributed by atoms with Crippen LogP contribution < -0.4 is 11.2 Å². The summed E-state index contributed by atoms with van der Waals surface area (Å²) in [7, 11) is 0. The van der Waals surface area contributed by atoms with Gasteiger partial charge in [0.1, 0.15) is 0 Å². The standard InChI is InChI=1S/C10H12N2O4/c11-8-3-1-7(2-4-8)5-9(13)12-16-6-10(14)15/h1-4H,5-6,11H2,(H,12,13)(H,14,15). The van der Waals surface area contributed by atoms with Gasteiger partial charge in [0.15, 0.2) is 6.61 Å². The summed E-state index contributed by atoms with van der Waals surface area (Å²) in [6.45, 7) is -0.562. The van der Waals surface area contributed by atoms with Gasteiger partial charge in [0.25, 0.3) is 0 Å². The van der Waals surface area contributed by atoms with Crippen LogP contribution in [0.4, 0.5) is 5.69 Å². The maximum absolute atomic E-state index is 11.2. The highest BCUT2D eigenvalue weighted by Crippen LogP contribution is 2.05. The van der Waals surface area contributed by atoms with Gasteiger partial charge in [0.05, 0.1) is 6.42 Å². The van der Waals surface area contributed by atoms with Crippen LogP contribution in [0.25, 0.3) is 0 Å². The summed E-state index contributed by atoms with van der Waals surface area (Å²) in [4.78, 5) is 25.7. The van der Waals surface area contributed by atoms with Crippen molar-refractivity contribution in [2.45, 2.75) is 6.42 Å². The van der Waals surface area contributed by atoms with E-state index in [0.717, 1.165) is 5.56 Å². The highest BCUT2D eigenvalue weighted by molar-refractivity contribution is 5.78. The predicted octanol–water partition coefficient (Wildman–Crippen LogP) is -0.0563. The molecule has 1 aromatic carbocycles. The molecule has 4 N–H and O–H groups in total. The number of nitrogens with two attached hydrogens (primary N) is 1. The lowest BCUT2D eigenvalue weighted by Crippen LogP contribution is -2.27. The Morgan fingerprint density at radius 2 is 1.94 bits per heavy atom. The summed E-state index contributed by atoms with van der Waals surface area (Å²) in [5.41, 5.74) is 8.89. The maximum atomic E-state index is 11.2. The molecule has 0 unspecified atom stereocenters. The third-order valence-corrected chi connectivity index (χ3v) is 1.73. The van der Waals surface area contributed by atoms with E-state index in [4.69, 9.17) is 10.8 Å². The molecule has 0 bridgehead atoms. The average Bonchev–Trinajstić information content (AvgIpc) is 2.21. The number of amides is 1. The van der Waals surface area contributed by atoms with Crippen LogP contribution in [-0.4, -0.2) is 23.6 Å². The zero-order chi connectivity index (χ0) is 12.0. The molecule has 0 heterocycles. The molecule has 16 heavy (non-hydrogen) atoms. The number of carbonyl (C=O) groups excluding carboxylic acids is 1. The smallest absolute Gasteiger partial charge is 0.332 e. The van der Waals surface area contributed by atoms with Crippen LogP contribution >= 0.6 is 0 Å².